The Hall–Kier alpha value is -3.07. The fourth-order valence-corrected chi connectivity index (χ4v) is 1.87. The van der Waals surface area contributed by atoms with Gasteiger partial charge in [-0.1, -0.05) is 36.4 Å². The van der Waals surface area contributed by atoms with E-state index in [1.54, 1.807) is 36.4 Å². The standard InChI is InChI=1S/C19H20O6/c1-4-5-11-16(12-13-17(21)23-3)25-19(22)18(24-14(2)20)15-9-7-6-8-10-15/h4,6-10,16,18H,1,5,11H2,2-3H3/t16-,18+/m0/s1. The molecular formula is C19H20O6. The molecule has 0 aromatic heterocycles. The zero-order valence-corrected chi connectivity index (χ0v) is 14.2. The van der Waals surface area contributed by atoms with E-state index in [-0.39, 0.29) is 0 Å². The Morgan fingerprint density at radius 1 is 1.20 bits per heavy atom. The number of hydrogen-bond donors (Lipinski definition) is 0. The van der Waals surface area contributed by atoms with E-state index < -0.39 is 30.1 Å². The topological polar surface area (TPSA) is 78.9 Å². The molecule has 0 bridgehead atoms. The van der Waals surface area contributed by atoms with E-state index >= 15 is 0 Å². The predicted molar refractivity (Wildman–Crippen MR) is 90.1 cm³/mol. The second-order valence-electron chi connectivity index (χ2n) is 4.95. The highest BCUT2D eigenvalue weighted by molar-refractivity contribution is 5.88. The van der Waals surface area contributed by atoms with Gasteiger partial charge in [0.15, 0.2) is 6.10 Å². The van der Waals surface area contributed by atoms with Crippen LogP contribution in [0.5, 0.6) is 0 Å². The van der Waals surface area contributed by atoms with Crippen LogP contribution in [-0.2, 0) is 28.6 Å². The summed E-state index contributed by atoms with van der Waals surface area (Å²) in [5, 5.41) is 0. The van der Waals surface area contributed by atoms with Gasteiger partial charge in [0.25, 0.3) is 0 Å². The summed E-state index contributed by atoms with van der Waals surface area (Å²) in [7, 11) is 1.20. The molecule has 0 fully saturated rings. The van der Waals surface area contributed by atoms with Crippen molar-refractivity contribution in [2.75, 3.05) is 7.11 Å². The molecule has 6 nitrogen and oxygen atoms in total. The molecule has 0 amide bonds. The molecule has 0 saturated carbocycles. The van der Waals surface area contributed by atoms with Crippen LogP contribution in [0.2, 0.25) is 0 Å². The highest BCUT2D eigenvalue weighted by Gasteiger charge is 2.27. The molecule has 0 aliphatic carbocycles. The van der Waals surface area contributed by atoms with Gasteiger partial charge in [0.1, 0.15) is 0 Å². The molecule has 1 rings (SSSR count). The molecule has 25 heavy (non-hydrogen) atoms. The SMILES string of the molecule is C=CCC[C@@H](C#CC(=O)OC)OC(=O)[C@H](OC(C)=O)c1ccccc1. The van der Waals surface area contributed by atoms with Gasteiger partial charge in [-0.25, -0.2) is 9.59 Å². The molecule has 0 saturated heterocycles. The molecule has 0 spiro atoms. The lowest BCUT2D eigenvalue weighted by atomic mass is 10.1. The maximum Gasteiger partial charge on any atom is 0.384 e. The summed E-state index contributed by atoms with van der Waals surface area (Å²) in [6.07, 6.45) is 0.454. The summed E-state index contributed by atoms with van der Waals surface area (Å²) in [6, 6.07) is 8.49. The monoisotopic (exact) mass is 344 g/mol. The second kappa shape index (κ2) is 10.7. The Morgan fingerprint density at radius 2 is 1.88 bits per heavy atom. The van der Waals surface area contributed by atoms with Gasteiger partial charge in [-0.15, -0.1) is 6.58 Å². The number of allylic oxidation sites excluding steroid dienone is 1. The molecule has 2 atom stereocenters. The Labute approximate surface area is 146 Å². The van der Waals surface area contributed by atoms with Crippen molar-refractivity contribution in [3.8, 4) is 11.8 Å². The quantitative estimate of drug-likeness (QED) is 0.248. The van der Waals surface area contributed by atoms with Crippen LogP contribution in [0.1, 0.15) is 31.4 Å². The third kappa shape index (κ3) is 7.36. The fourth-order valence-electron chi connectivity index (χ4n) is 1.87. The second-order valence-corrected chi connectivity index (χ2v) is 4.95. The van der Waals surface area contributed by atoms with Crippen molar-refractivity contribution in [2.24, 2.45) is 0 Å². The molecule has 0 unspecified atom stereocenters. The average Bonchev–Trinajstić information content (AvgIpc) is 2.61. The molecule has 0 heterocycles. The lowest BCUT2D eigenvalue weighted by Gasteiger charge is -2.19. The van der Waals surface area contributed by atoms with Gasteiger partial charge in [0.05, 0.1) is 7.11 Å². The highest BCUT2D eigenvalue weighted by atomic mass is 16.6. The van der Waals surface area contributed by atoms with Gasteiger partial charge in [0, 0.05) is 18.4 Å². The first-order valence-electron chi connectivity index (χ1n) is 7.61. The van der Waals surface area contributed by atoms with E-state index in [2.05, 4.69) is 23.2 Å². The number of methoxy groups -OCH3 is 1. The Kier molecular flexibility index (Phi) is 8.52. The van der Waals surface area contributed by atoms with Crippen molar-refractivity contribution >= 4 is 17.9 Å². The van der Waals surface area contributed by atoms with Gasteiger partial charge in [-0.3, -0.25) is 4.79 Å². The van der Waals surface area contributed by atoms with Gasteiger partial charge in [-0.2, -0.15) is 0 Å². The van der Waals surface area contributed by atoms with Crippen LogP contribution in [0.25, 0.3) is 0 Å². The Balaban J connectivity index is 2.95. The van der Waals surface area contributed by atoms with Crippen molar-refractivity contribution in [3.63, 3.8) is 0 Å². The third-order valence-electron chi connectivity index (χ3n) is 3.01. The van der Waals surface area contributed by atoms with E-state index in [9.17, 15) is 14.4 Å². The lowest BCUT2D eigenvalue weighted by Crippen LogP contribution is -2.25. The smallest absolute Gasteiger partial charge is 0.384 e. The number of rotatable bonds is 7. The van der Waals surface area contributed by atoms with Crippen molar-refractivity contribution in [2.45, 2.75) is 32.0 Å². The largest absolute Gasteiger partial charge is 0.459 e. The van der Waals surface area contributed by atoms with Crippen LogP contribution >= 0.6 is 0 Å². The Bertz CT molecular complexity index is 668. The van der Waals surface area contributed by atoms with Crippen LogP contribution in [0.15, 0.2) is 43.0 Å². The van der Waals surface area contributed by atoms with Crippen LogP contribution < -0.4 is 0 Å². The van der Waals surface area contributed by atoms with Gasteiger partial charge < -0.3 is 14.2 Å². The van der Waals surface area contributed by atoms with Gasteiger partial charge in [0.2, 0.25) is 6.10 Å². The molecule has 132 valence electrons. The number of esters is 3. The van der Waals surface area contributed by atoms with Crippen LogP contribution in [0.3, 0.4) is 0 Å². The molecule has 1 aromatic rings. The summed E-state index contributed by atoms with van der Waals surface area (Å²) in [6.45, 7) is 4.80. The zero-order valence-electron chi connectivity index (χ0n) is 14.2. The predicted octanol–water partition coefficient (Wildman–Crippen LogP) is 2.35. The first-order valence-corrected chi connectivity index (χ1v) is 7.61. The summed E-state index contributed by atoms with van der Waals surface area (Å²) in [4.78, 5) is 34.9. The average molecular weight is 344 g/mol. The maximum absolute atomic E-state index is 12.5. The van der Waals surface area contributed by atoms with Crippen molar-refractivity contribution < 1.29 is 28.6 Å². The van der Waals surface area contributed by atoms with Gasteiger partial charge >= 0.3 is 17.9 Å². The summed E-state index contributed by atoms with van der Waals surface area (Å²) >= 11 is 0. The summed E-state index contributed by atoms with van der Waals surface area (Å²) < 4.78 is 14.8. The van der Waals surface area contributed by atoms with Crippen LogP contribution in [0.4, 0.5) is 0 Å². The molecule has 1 aromatic carbocycles. The third-order valence-corrected chi connectivity index (χ3v) is 3.01. The Morgan fingerprint density at radius 3 is 2.44 bits per heavy atom. The number of ether oxygens (including phenoxy) is 3. The fraction of sp³-hybridized carbons (Fsp3) is 0.316. The van der Waals surface area contributed by atoms with E-state index in [0.717, 1.165) is 0 Å². The zero-order chi connectivity index (χ0) is 18.7. The minimum Gasteiger partial charge on any atom is -0.459 e. The van der Waals surface area contributed by atoms with Gasteiger partial charge in [-0.05, 0) is 18.8 Å². The minimum absolute atomic E-state index is 0.348. The first-order chi connectivity index (χ1) is 12.0. The normalized spacial score (nSPS) is 11.9. The number of hydrogen-bond acceptors (Lipinski definition) is 6. The van der Waals surface area contributed by atoms with E-state index in [4.69, 9.17) is 9.47 Å². The molecule has 0 N–H and O–H groups in total. The van der Waals surface area contributed by atoms with Crippen molar-refractivity contribution in [1.29, 1.82) is 0 Å². The van der Waals surface area contributed by atoms with Crippen molar-refractivity contribution in [3.05, 3.63) is 48.6 Å². The lowest BCUT2D eigenvalue weighted by molar-refractivity contribution is -0.169. The highest BCUT2D eigenvalue weighted by Crippen LogP contribution is 2.20. The number of benzene rings is 1. The van der Waals surface area contributed by atoms with E-state index in [1.165, 1.54) is 14.0 Å². The molecule has 0 aliphatic rings. The van der Waals surface area contributed by atoms with Crippen LogP contribution in [-0.4, -0.2) is 31.1 Å². The molecule has 0 radical (unpaired) electrons. The summed E-state index contributed by atoms with van der Waals surface area (Å²) in [5.41, 5.74) is 0.478. The van der Waals surface area contributed by atoms with Crippen LogP contribution in [0, 0.1) is 11.8 Å². The molecule has 6 heteroatoms. The molecule has 0 aliphatic heterocycles. The molecular weight excluding hydrogens is 324 g/mol. The van der Waals surface area contributed by atoms with E-state index in [1.807, 2.05) is 0 Å². The van der Waals surface area contributed by atoms with Crippen molar-refractivity contribution in [1.82, 2.24) is 0 Å². The number of carbonyl (C=O) groups is 3. The summed E-state index contributed by atoms with van der Waals surface area (Å²) in [5.74, 6) is 2.65. The minimum atomic E-state index is -1.20. The first kappa shape index (κ1) is 20.0. The van der Waals surface area contributed by atoms with E-state index in [0.29, 0.717) is 18.4 Å². The maximum atomic E-state index is 12.5. The number of carbonyl (C=O) groups excluding carboxylic acids is 3.